The van der Waals surface area contributed by atoms with E-state index in [1.54, 1.807) is 0 Å². The largest absolute Gasteiger partial charge is 0.393 e. The average molecular weight is 234 g/mol. The second-order valence-corrected chi connectivity index (χ2v) is 5.19. The van der Waals surface area contributed by atoms with Crippen molar-refractivity contribution >= 4 is 0 Å². The predicted molar refractivity (Wildman–Crippen MR) is 69.2 cm³/mol. The van der Waals surface area contributed by atoms with Gasteiger partial charge in [-0.3, -0.25) is 0 Å². The zero-order valence-corrected chi connectivity index (χ0v) is 10.8. The molecule has 1 aromatic carbocycles. The molecule has 1 aliphatic heterocycles. The molecule has 2 nitrogen and oxygen atoms in total. The van der Waals surface area contributed by atoms with Crippen molar-refractivity contribution < 1.29 is 9.84 Å². The molecule has 2 rings (SSSR count). The van der Waals surface area contributed by atoms with Crippen LogP contribution in [0.4, 0.5) is 0 Å². The van der Waals surface area contributed by atoms with E-state index in [4.69, 9.17) is 4.74 Å². The monoisotopic (exact) mass is 234 g/mol. The fourth-order valence-electron chi connectivity index (χ4n) is 2.64. The van der Waals surface area contributed by atoms with Crippen molar-refractivity contribution in [3.8, 4) is 0 Å². The Labute approximate surface area is 104 Å². The molecule has 17 heavy (non-hydrogen) atoms. The lowest BCUT2D eigenvalue weighted by Crippen LogP contribution is -2.17. The minimum Gasteiger partial charge on any atom is -0.393 e. The third-order valence-electron chi connectivity index (χ3n) is 3.71. The average Bonchev–Trinajstić information content (AvgIpc) is 2.76. The maximum atomic E-state index is 10.2. The Kier molecular flexibility index (Phi) is 4.19. The predicted octanol–water partition coefficient (Wildman–Crippen LogP) is 2.63. The quantitative estimate of drug-likeness (QED) is 0.868. The third kappa shape index (κ3) is 3.30. The Morgan fingerprint density at radius 3 is 2.65 bits per heavy atom. The molecule has 1 saturated heterocycles. The summed E-state index contributed by atoms with van der Waals surface area (Å²) in [6, 6.07) is 6.31. The Morgan fingerprint density at radius 2 is 2.06 bits per heavy atom. The van der Waals surface area contributed by atoms with Crippen LogP contribution in [0.1, 0.15) is 29.5 Å². The number of aliphatic hydroxyl groups is 1. The topological polar surface area (TPSA) is 29.5 Å². The molecule has 94 valence electrons. The van der Waals surface area contributed by atoms with Crippen molar-refractivity contribution in [2.75, 3.05) is 13.2 Å². The van der Waals surface area contributed by atoms with Gasteiger partial charge in [0.15, 0.2) is 0 Å². The maximum absolute atomic E-state index is 10.2. The molecule has 1 aliphatic rings. The minimum atomic E-state index is -0.235. The smallest absolute Gasteiger partial charge is 0.0584 e. The van der Waals surface area contributed by atoms with Gasteiger partial charge in [-0.25, -0.2) is 0 Å². The standard InChI is InChI=1S/C15H22O2/c1-11-4-3-5-12(2)15(11)9-14(16)8-13-6-7-17-10-13/h3-5,13-14,16H,6-10H2,1-2H3. The molecule has 2 heteroatoms. The van der Waals surface area contributed by atoms with Gasteiger partial charge in [-0.05, 0) is 55.7 Å². The summed E-state index contributed by atoms with van der Waals surface area (Å²) in [5, 5.41) is 10.2. The number of ether oxygens (including phenoxy) is 1. The van der Waals surface area contributed by atoms with Gasteiger partial charge in [0.2, 0.25) is 0 Å². The normalized spacial score (nSPS) is 21.7. The fourth-order valence-corrected chi connectivity index (χ4v) is 2.64. The molecule has 0 aliphatic carbocycles. The fraction of sp³-hybridized carbons (Fsp3) is 0.600. The molecule has 0 aromatic heterocycles. The van der Waals surface area contributed by atoms with Crippen LogP contribution >= 0.6 is 0 Å². The van der Waals surface area contributed by atoms with Gasteiger partial charge in [0.25, 0.3) is 0 Å². The van der Waals surface area contributed by atoms with Crippen LogP contribution in [-0.2, 0) is 11.2 Å². The van der Waals surface area contributed by atoms with E-state index < -0.39 is 0 Å². The first-order chi connectivity index (χ1) is 8.16. The van der Waals surface area contributed by atoms with Gasteiger partial charge in [0.1, 0.15) is 0 Å². The van der Waals surface area contributed by atoms with Crippen LogP contribution in [0.5, 0.6) is 0 Å². The van der Waals surface area contributed by atoms with Gasteiger partial charge in [0.05, 0.1) is 6.10 Å². The lowest BCUT2D eigenvalue weighted by Gasteiger charge is -2.17. The highest BCUT2D eigenvalue weighted by Gasteiger charge is 2.20. The zero-order valence-electron chi connectivity index (χ0n) is 10.8. The third-order valence-corrected chi connectivity index (χ3v) is 3.71. The molecule has 1 heterocycles. The highest BCUT2D eigenvalue weighted by atomic mass is 16.5. The van der Waals surface area contributed by atoms with Crippen molar-refractivity contribution in [3.05, 3.63) is 34.9 Å². The molecule has 0 bridgehead atoms. The maximum Gasteiger partial charge on any atom is 0.0584 e. The first-order valence-corrected chi connectivity index (χ1v) is 6.47. The van der Waals surface area contributed by atoms with Crippen LogP contribution in [-0.4, -0.2) is 24.4 Å². The highest BCUT2D eigenvalue weighted by Crippen LogP contribution is 2.22. The summed E-state index contributed by atoms with van der Waals surface area (Å²) in [6.07, 6.45) is 2.51. The number of aliphatic hydroxyl groups excluding tert-OH is 1. The first-order valence-electron chi connectivity index (χ1n) is 6.47. The van der Waals surface area contributed by atoms with Crippen molar-refractivity contribution in [2.45, 2.75) is 39.2 Å². The molecule has 0 saturated carbocycles. The summed E-state index contributed by atoms with van der Waals surface area (Å²) < 4.78 is 5.34. The van der Waals surface area contributed by atoms with Gasteiger partial charge in [-0.2, -0.15) is 0 Å². The summed E-state index contributed by atoms with van der Waals surface area (Å²) in [7, 11) is 0. The second kappa shape index (κ2) is 5.65. The summed E-state index contributed by atoms with van der Waals surface area (Å²) in [5.41, 5.74) is 3.87. The van der Waals surface area contributed by atoms with Crippen LogP contribution in [0.2, 0.25) is 0 Å². The molecular formula is C15H22O2. The molecule has 2 unspecified atom stereocenters. The molecule has 1 N–H and O–H groups in total. The summed E-state index contributed by atoms with van der Waals surface area (Å²) in [5.74, 6) is 0.550. The van der Waals surface area contributed by atoms with Gasteiger partial charge < -0.3 is 9.84 Å². The van der Waals surface area contributed by atoms with Crippen LogP contribution in [0.3, 0.4) is 0 Å². The lowest BCUT2D eigenvalue weighted by atomic mass is 9.92. The summed E-state index contributed by atoms with van der Waals surface area (Å²) >= 11 is 0. The minimum absolute atomic E-state index is 0.235. The van der Waals surface area contributed by atoms with Crippen LogP contribution in [0.15, 0.2) is 18.2 Å². The van der Waals surface area contributed by atoms with E-state index in [1.807, 2.05) is 0 Å². The van der Waals surface area contributed by atoms with E-state index >= 15 is 0 Å². The number of hydrogen-bond donors (Lipinski definition) is 1. The molecule has 2 atom stereocenters. The molecule has 0 spiro atoms. The van der Waals surface area contributed by atoms with E-state index in [0.29, 0.717) is 5.92 Å². The second-order valence-electron chi connectivity index (χ2n) is 5.19. The van der Waals surface area contributed by atoms with Gasteiger partial charge in [-0.15, -0.1) is 0 Å². The van der Waals surface area contributed by atoms with Crippen LogP contribution in [0.25, 0.3) is 0 Å². The van der Waals surface area contributed by atoms with E-state index in [1.165, 1.54) is 16.7 Å². The number of benzene rings is 1. The molecule has 1 aromatic rings. The molecule has 0 radical (unpaired) electrons. The summed E-state index contributed by atoms with van der Waals surface area (Å²) in [6.45, 7) is 5.92. The number of hydrogen-bond acceptors (Lipinski definition) is 2. The Balaban J connectivity index is 1.95. The highest BCUT2D eigenvalue weighted by molar-refractivity contribution is 5.33. The Morgan fingerprint density at radius 1 is 1.35 bits per heavy atom. The molecule has 1 fully saturated rings. The van der Waals surface area contributed by atoms with E-state index in [9.17, 15) is 5.11 Å². The first kappa shape index (κ1) is 12.6. The van der Waals surface area contributed by atoms with E-state index in [0.717, 1.165) is 32.5 Å². The van der Waals surface area contributed by atoms with Crippen molar-refractivity contribution in [1.29, 1.82) is 0 Å². The van der Waals surface area contributed by atoms with Gasteiger partial charge in [-0.1, -0.05) is 18.2 Å². The van der Waals surface area contributed by atoms with Crippen molar-refractivity contribution in [1.82, 2.24) is 0 Å². The molecule has 0 amide bonds. The van der Waals surface area contributed by atoms with Crippen molar-refractivity contribution in [3.63, 3.8) is 0 Å². The lowest BCUT2D eigenvalue weighted by molar-refractivity contribution is 0.128. The van der Waals surface area contributed by atoms with Crippen LogP contribution < -0.4 is 0 Å². The Hall–Kier alpha value is -0.860. The Bertz CT molecular complexity index is 347. The van der Waals surface area contributed by atoms with Crippen LogP contribution in [0, 0.1) is 19.8 Å². The van der Waals surface area contributed by atoms with Gasteiger partial charge in [0, 0.05) is 13.2 Å². The number of rotatable bonds is 4. The number of aryl methyl sites for hydroxylation is 2. The van der Waals surface area contributed by atoms with Gasteiger partial charge >= 0.3 is 0 Å². The van der Waals surface area contributed by atoms with E-state index in [-0.39, 0.29) is 6.10 Å². The summed E-state index contributed by atoms with van der Waals surface area (Å²) in [4.78, 5) is 0. The molecular weight excluding hydrogens is 212 g/mol. The van der Waals surface area contributed by atoms with E-state index in [2.05, 4.69) is 32.0 Å². The van der Waals surface area contributed by atoms with Crippen molar-refractivity contribution in [2.24, 2.45) is 5.92 Å². The SMILES string of the molecule is Cc1cccc(C)c1CC(O)CC1CCOC1. The zero-order chi connectivity index (χ0) is 12.3.